The molecule has 0 spiro atoms. The first kappa shape index (κ1) is 21.4. The molecule has 0 radical (unpaired) electrons. The Hall–Kier alpha value is -2.32. The lowest BCUT2D eigenvalue weighted by Crippen LogP contribution is -2.31. The Labute approximate surface area is 172 Å². The van der Waals surface area contributed by atoms with Gasteiger partial charge in [0.05, 0.1) is 13.7 Å². The van der Waals surface area contributed by atoms with Gasteiger partial charge in [0.15, 0.2) is 0 Å². The molecule has 1 fully saturated rings. The van der Waals surface area contributed by atoms with Crippen molar-refractivity contribution in [1.29, 1.82) is 0 Å². The van der Waals surface area contributed by atoms with Crippen LogP contribution in [0, 0.1) is 5.92 Å². The van der Waals surface area contributed by atoms with Gasteiger partial charge < -0.3 is 14.1 Å². The minimum atomic E-state index is -3.81. The minimum Gasteiger partial charge on any atom is -0.495 e. The van der Waals surface area contributed by atoms with E-state index in [2.05, 4.69) is 11.6 Å². The second-order valence-corrected chi connectivity index (χ2v) is 9.61. The monoisotopic (exact) mass is 420 g/mol. The molecule has 1 aromatic carbocycles. The zero-order chi connectivity index (χ0) is 21.3. The highest BCUT2D eigenvalue weighted by Gasteiger charge is 2.36. The summed E-state index contributed by atoms with van der Waals surface area (Å²) in [7, 11) is -0.755. The van der Waals surface area contributed by atoms with Gasteiger partial charge >= 0.3 is 0 Å². The molecule has 2 aromatic rings. The first-order chi connectivity index (χ1) is 13.6. The Kier molecular flexibility index (Phi) is 6.05. The second kappa shape index (κ2) is 8.20. The van der Waals surface area contributed by atoms with Gasteiger partial charge in [-0.1, -0.05) is 6.92 Å². The van der Waals surface area contributed by atoms with E-state index in [1.807, 2.05) is 12.1 Å². The van der Waals surface area contributed by atoms with Crippen molar-refractivity contribution < 1.29 is 22.4 Å². The Morgan fingerprint density at radius 1 is 1.31 bits per heavy atom. The van der Waals surface area contributed by atoms with Crippen LogP contribution in [-0.2, 0) is 16.6 Å². The fourth-order valence-electron chi connectivity index (χ4n) is 3.32. The molecule has 1 heterocycles. The quantitative estimate of drug-likeness (QED) is 0.707. The van der Waals surface area contributed by atoms with Gasteiger partial charge in [-0.2, -0.15) is 0 Å². The maximum Gasteiger partial charge on any atom is 0.254 e. The fraction of sp³-hybridized carbons (Fsp3) is 0.476. The number of rotatable bonds is 8. The van der Waals surface area contributed by atoms with Crippen LogP contribution in [0.25, 0.3) is 0 Å². The predicted molar refractivity (Wildman–Crippen MR) is 109 cm³/mol. The smallest absolute Gasteiger partial charge is 0.254 e. The lowest BCUT2D eigenvalue weighted by Gasteiger charge is -2.18. The van der Waals surface area contributed by atoms with Crippen molar-refractivity contribution in [3.8, 4) is 5.75 Å². The summed E-state index contributed by atoms with van der Waals surface area (Å²) >= 11 is 0. The first-order valence-electron chi connectivity index (χ1n) is 9.66. The van der Waals surface area contributed by atoms with Crippen LogP contribution in [0.2, 0.25) is 0 Å². The number of nitrogens with zero attached hydrogens (tertiary/aromatic N) is 1. The Balaban J connectivity index is 1.79. The second-order valence-electron chi connectivity index (χ2n) is 7.93. The van der Waals surface area contributed by atoms with Crippen LogP contribution in [-0.4, -0.2) is 39.4 Å². The van der Waals surface area contributed by atoms with Crippen molar-refractivity contribution in [2.45, 2.75) is 50.6 Å². The molecule has 1 aliphatic rings. The molecule has 7 nitrogen and oxygen atoms in total. The number of furan rings is 1. The SMILES string of the molecule is COc1ccc(C(=O)N(C)Cc2ccc([C@@H]3C[C@@H]3C)o2)cc1S(=O)(=O)NC(C)C. The molecule has 158 valence electrons. The highest BCUT2D eigenvalue weighted by molar-refractivity contribution is 7.89. The zero-order valence-electron chi connectivity index (χ0n) is 17.4. The number of amides is 1. The molecule has 1 N–H and O–H groups in total. The van der Waals surface area contributed by atoms with Gasteiger partial charge in [0, 0.05) is 24.6 Å². The largest absolute Gasteiger partial charge is 0.495 e. The fourth-order valence-corrected chi connectivity index (χ4v) is 4.76. The molecule has 0 bridgehead atoms. The van der Waals surface area contributed by atoms with Crippen molar-refractivity contribution in [2.75, 3.05) is 14.2 Å². The van der Waals surface area contributed by atoms with E-state index in [1.54, 1.807) is 27.0 Å². The van der Waals surface area contributed by atoms with E-state index in [0.717, 1.165) is 12.2 Å². The van der Waals surface area contributed by atoms with Gasteiger partial charge in [-0.3, -0.25) is 4.79 Å². The molecule has 3 rings (SSSR count). The van der Waals surface area contributed by atoms with E-state index in [4.69, 9.17) is 9.15 Å². The molecule has 1 amide bonds. The summed E-state index contributed by atoms with van der Waals surface area (Å²) in [5, 5.41) is 0. The molecule has 1 aromatic heterocycles. The highest BCUT2D eigenvalue weighted by Crippen LogP contribution is 2.47. The van der Waals surface area contributed by atoms with Crippen molar-refractivity contribution in [3.05, 3.63) is 47.4 Å². The van der Waals surface area contributed by atoms with E-state index >= 15 is 0 Å². The number of ether oxygens (including phenoxy) is 1. The highest BCUT2D eigenvalue weighted by atomic mass is 32.2. The van der Waals surface area contributed by atoms with Crippen molar-refractivity contribution >= 4 is 15.9 Å². The van der Waals surface area contributed by atoms with Crippen LogP contribution < -0.4 is 9.46 Å². The van der Waals surface area contributed by atoms with Crippen LogP contribution in [0.1, 0.15) is 55.0 Å². The van der Waals surface area contributed by atoms with E-state index in [-0.39, 0.29) is 28.2 Å². The number of methoxy groups -OCH3 is 1. The zero-order valence-corrected chi connectivity index (χ0v) is 18.2. The van der Waals surface area contributed by atoms with Crippen molar-refractivity contribution in [2.24, 2.45) is 5.92 Å². The van der Waals surface area contributed by atoms with Crippen molar-refractivity contribution in [3.63, 3.8) is 0 Å². The summed E-state index contributed by atoms with van der Waals surface area (Å²) in [6.07, 6.45) is 1.13. The van der Waals surface area contributed by atoms with Gasteiger partial charge in [-0.15, -0.1) is 0 Å². The van der Waals surface area contributed by atoms with Crippen LogP contribution in [0.15, 0.2) is 39.6 Å². The Morgan fingerprint density at radius 3 is 2.59 bits per heavy atom. The number of hydrogen-bond acceptors (Lipinski definition) is 5. The van der Waals surface area contributed by atoms with Gasteiger partial charge in [-0.05, 0) is 56.5 Å². The maximum absolute atomic E-state index is 12.9. The summed E-state index contributed by atoms with van der Waals surface area (Å²) < 4.78 is 38.8. The van der Waals surface area contributed by atoms with Gasteiger partial charge in [0.2, 0.25) is 10.0 Å². The normalized spacial score (nSPS) is 18.7. The van der Waals surface area contributed by atoms with Crippen LogP contribution in [0.3, 0.4) is 0 Å². The van der Waals surface area contributed by atoms with E-state index in [0.29, 0.717) is 24.1 Å². The molecule has 1 saturated carbocycles. The number of nitrogens with one attached hydrogen (secondary N) is 1. The number of hydrogen-bond donors (Lipinski definition) is 1. The molecule has 29 heavy (non-hydrogen) atoms. The lowest BCUT2D eigenvalue weighted by atomic mass is 10.2. The molecule has 1 aliphatic carbocycles. The van der Waals surface area contributed by atoms with E-state index in [1.165, 1.54) is 24.1 Å². The number of benzene rings is 1. The standard InChI is InChI=1S/C21H28N2O5S/c1-13(2)22-29(25,26)20-11-15(6-8-19(20)27-5)21(24)23(4)12-16-7-9-18(28-16)17-10-14(17)3/h6-9,11,13-14,17,22H,10,12H2,1-5H3/t14-,17+/m0/s1. The topological polar surface area (TPSA) is 88.8 Å². The van der Waals surface area contributed by atoms with Gasteiger partial charge in [0.1, 0.15) is 22.2 Å². The molecular weight excluding hydrogens is 392 g/mol. The third-order valence-electron chi connectivity index (χ3n) is 4.99. The van der Waals surface area contributed by atoms with Crippen molar-refractivity contribution in [1.82, 2.24) is 9.62 Å². The number of carbonyl (C=O) groups is 1. The summed E-state index contributed by atoms with van der Waals surface area (Å²) in [4.78, 5) is 14.3. The molecule has 0 unspecified atom stereocenters. The maximum atomic E-state index is 12.9. The van der Waals surface area contributed by atoms with E-state index < -0.39 is 10.0 Å². The lowest BCUT2D eigenvalue weighted by molar-refractivity contribution is 0.0774. The first-order valence-corrected chi connectivity index (χ1v) is 11.1. The molecule has 8 heteroatoms. The molecule has 2 atom stereocenters. The number of sulfonamides is 1. The summed E-state index contributed by atoms with van der Waals surface area (Å²) in [6.45, 7) is 5.95. The minimum absolute atomic E-state index is 0.0593. The third-order valence-corrected chi connectivity index (χ3v) is 6.67. The van der Waals surface area contributed by atoms with E-state index in [9.17, 15) is 13.2 Å². The van der Waals surface area contributed by atoms with Crippen LogP contribution in [0.5, 0.6) is 5.75 Å². The predicted octanol–water partition coefficient (Wildman–Crippen LogP) is 3.37. The average molecular weight is 421 g/mol. The van der Waals surface area contributed by atoms with Crippen LogP contribution in [0.4, 0.5) is 0 Å². The Morgan fingerprint density at radius 2 is 2.00 bits per heavy atom. The molecule has 0 saturated heterocycles. The molecule has 0 aliphatic heterocycles. The average Bonchev–Trinajstić information content (AvgIpc) is 3.20. The summed E-state index contributed by atoms with van der Waals surface area (Å²) in [5.41, 5.74) is 0.264. The summed E-state index contributed by atoms with van der Waals surface area (Å²) in [5.74, 6) is 2.68. The molecular formula is C21H28N2O5S. The summed E-state index contributed by atoms with van der Waals surface area (Å²) in [6, 6.07) is 7.98. The van der Waals surface area contributed by atoms with Gasteiger partial charge in [0.25, 0.3) is 5.91 Å². The third kappa shape index (κ3) is 4.82. The van der Waals surface area contributed by atoms with Gasteiger partial charge in [-0.25, -0.2) is 13.1 Å². The Bertz CT molecular complexity index is 996. The van der Waals surface area contributed by atoms with Crippen LogP contribution >= 0.6 is 0 Å². The number of carbonyl (C=O) groups excluding carboxylic acids is 1.